The van der Waals surface area contributed by atoms with Gasteiger partial charge in [0.1, 0.15) is 5.82 Å². The van der Waals surface area contributed by atoms with Crippen molar-refractivity contribution in [3.8, 4) is 0 Å². The number of aromatic nitrogens is 2. The average Bonchev–Trinajstić information content (AvgIpc) is 2.37. The molecule has 0 aromatic carbocycles. The number of alkyl halides is 3. The second-order valence-electron chi connectivity index (χ2n) is 4.79. The maximum atomic E-state index is 12.6. The van der Waals surface area contributed by atoms with Gasteiger partial charge in [-0.15, -0.1) is 0 Å². The lowest BCUT2D eigenvalue weighted by atomic mass is 9.99. The third-order valence-electron chi connectivity index (χ3n) is 3.15. The minimum absolute atomic E-state index is 0.125. The lowest BCUT2D eigenvalue weighted by Gasteiger charge is -2.16. The highest BCUT2D eigenvalue weighted by Gasteiger charge is 2.33. The second-order valence-corrected chi connectivity index (χ2v) is 4.79. The van der Waals surface area contributed by atoms with E-state index in [0.717, 1.165) is 31.7 Å². The van der Waals surface area contributed by atoms with Gasteiger partial charge in [0.25, 0.3) is 0 Å². The summed E-state index contributed by atoms with van der Waals surface area (Å²) < 4.78 is 37.8. The molecule has 114 valence electrons. The SMILES string of the molecule is CCCCC(CC)CNc1cc(C(F)(F)F)nc(N)n1. The molecule has 1 rings (SSSR count). The van der Waals surface area contributed by atoms with E-state index >= 15 is 0 Å². The van der Waals surface area contributed by atoms with Crippen molar-refractivity contribution < 1.29 is 13.2 Å². The zero-order valence-electron chi connectivity index (χ0n) is 11.8. The normalized spacial score (nSPS) is 13.2. The van der Waals surface area contributed by atoms with Crippen LogP contribution in [0, 0.1) is 5.92 Å². The van der Waals surface area contributed by atoms with Crippen molar-refractivity contribution in [3.05, 3.63) is 11.8 Å². The summed E-state index contributed by atoms with van der Waals surface area (Å²) in [4.78, 5) is 6.99. The highest BCUT2D eigenvalue weighted by Crippen LogP contribution is 2.29. The highest BCUT2D eigenvalue weighted by atomic mass is 19.4. The standard InChI is InChI=1S/C13H21F3N4/c1-3-5-6-9(4-2)8-18-11-7-10(13(14,15)16)19-12(17)20-11/h7,9H,3-6,8H2,1-2H3,(H3,17,18,19,20). The molecule has 0 aliphatic carbocycles. The molecule has 7 heteroatoms. The van der Waals surface area contributed by atoms with E-state index in [1.54, 1.807) is 0 Å². The van der Waals surface area contributed by atoms with Crippen LogP contribution in [0.2, 0.25) is 0 Å². The van der Waals surface area contributed by atoms with Gasteiger partial charge in [0.05, 0.1) is 0 Å². The summed E-state index contributed by atoms with van der Waals surface area (Å²) in [5, 5.41) is 2.93. The molecule has 1 unspecified atom stereocenters. The Labute approximate surface area is 117 Å². The second kappa shape index (κ2) is 7.31. The third kappa shape index (κ3) is 5.22. The molecule has 0 fully saturated rings. The molecular weight excluding hydrogens is 269 g/mol. The molecule has 1 aromatic heterocycles. The van der Waals surface area contributed by atoms with Crippen LogP contribution in [0.5, 0.6) is 0 Å². The fourth-order valence-electron chi connectivity index (χ4n) is 1.89. The average molecular weight is 290 g/mol. The molecule has 0 amide bonds. The third-order valence-corrected chi connectivity index (χ3v) is 3.15. The van der Waals surface area contributed by atoms with Gasteiger partial charge < -0.3 is 11.1 Å². The number of anilines is 2. The topological polar surface area (TPSA) is 63.8 Å². The Kier molecular flexibility index (Phi) is 6.04. The molecule has 1 aromatic rings. The number of nitrogens with two attached hydrogens (primary N) is 1. The van der Waals surface area contributed by atoms with Gasteiger partial charge in [-0.2, -0.15) is 18.2 Å². The monoisotopic (exact) mass is 290 g/mol. The van der Waals surface area contributed by atoms with Crippen LogP contribution in [0.1, 0.15) is 45.2 Å². The van der Waals surface area contributed by atoms with Crippen LogP contribution in [0.15, 0.2) is 6.07 Å². The van der Waals surface area contributed by atoms with E-state index in [4.69, 9.17) is 5.73 Å². The quantitative estimate of drug-likeness (QED) is 0.803. The Balaban J connectivity index is 2.70. The number of hydrogen-bond donors (Lipinski definition) is 2. The van der Waals surface area contributed by atoms with Crippen LogP contribution in [-0.2, 0) is 6.18 Å². The summed E-state index contributed by atoms with van der Waals surface area (Å²) >= 11 is 0. The van der Waals surface area contributed by atoms with Crippen molar-refractivity contribution in [1.29, 1.82) is 0 Å². The lowest BCUT2D eigenvalue weighted by molar-refractivity contribution is -0.141. The van der Waals surface area contributed by atoms with E-state index in [9.17, 15) is 13.2 Å². The molecule has 1 atom stereocenters. The Morgan fingerprint density at radius 3 is 2.55 bits per heavy atom. The van der Waals surface area contributed by atoms with Gasteiger partial charge >= 0.3 is 6.18 Å². The van der Waals surface area contributed by atoms with Crippen molar-refractivity contribution in [1.82, 2.24) is 9.97 Å². The summed E-state index contributed by atoms with van der Waals surface area (Å²) in [7, 11) is 0. The van der Waals surface area contributed by atoms with Crippen LogP contribution in [0.25, 0.3) is 0 Å². The summed E-state index contributed by atoms with van der Waals surface area (Å²) in [5.74, 6) is 0.171. The van der Waals surface area contributed by atoms with Gasteiger partial charge in [-0.05, 0) is 12.3 Å². The van der Waals surface area contributed by atoms with Crippen molar-refractivity contribution in [2.24, 2.45) is 5.92 Å². The van der Waals surface area contributed by atoms with E-state index in [2.05, 4.69) is 29.1 Å². The molecule has 3 N–H and O–H groups in total. The molecule has 0 aliphatic heterocycles. The van der Waals surface area contributed by atoms with Crippen LogP contribution < -0.4 is 11.1 Å². The molecule has 1 heterocycles. The lowest BCUT2D eigenvalue weighted by Crippen LogP contribution is -2.17. The van der Waals surface area contributed by atoms with Gasteiger partial charge in [0.2, 0.25) is 5.95 Å². The predicted molar refractivity (Wildman–Crippen MR) is 73.2 cm³/mol. The first kappa shape index (κ1) is 16.5. The Morgan fingerprint density at radius 1 is 1.30 bits per heavy atom. The number of nitrogens with zero attached hydrogens (tertiary/aromatic N) is 2. The number of rotatable bonds is 7. The van der Waals surface area contributed by atoms with Crippen LogP contribution >= 0.6 is 0 Å². The molecular formula is C13H21F3N4. The molecule has 0 radical (unpaired) electrons. The highest BCUT2D eigenvalue weighted by molar-refractivity contribution is 5.41. The van der Waals surface area contributed by atoms with Crippen LogP contribution in [-0.4, -0.2) is 16.5 Å². The van der Waals surface area contributed by atoms with Gasteiger partial charge in [-0.25, -0.2) is 4.98 Å². The van der Waals surface area contributed by atoms with Crippen molar-refractivity contribution in [2.45, 2.75) is 45.7 Å². The Hall–Kier alpha value is -1.53. The summed E-state index contributed by atoms with van der Waals surface area (Å²) in [6.45, 7) is 4.77. The van der Waals surface area contributed by atoms with E-state index in [1.807, 2.05) is 0 Å². The van der Waals surface area contributed by atoms with E-state index in [-0.39, 0.29) is 11.8 Å². The summed E-state index contributed by atoms with van der Waals surface area (Å²) in [5.41, 5.74) is 4.29. The van der Waals surface area contributed by atoms with E-state index in [0.29, 0.717) is 12.5 Å². The van der Waals surface area contributed by atoms with Gasteiger partial charge in [0.15, 0.2) is 5.69 Å². The fraction of sp³-hybridized carbons (Fsp3) is 0.692. The molecule has 0 bridgehead atoms. The van der Waals surface area contributed by atoms with Gasteiger partial charge in [0, 0.05) is 12.6 Å². The summed E-state index contributed by atoms with van der Waals surface area (Å²) in [6, 6.07) is 0.892. The maximum absolute atomic E-state index is 12.6. The Bertz CT molecular complexity index is 421. The molecule has 0 saturated heterocycles. The number of hydrogen-bond acceptors (Lipinski definition) is 4. The van der Waals surface area contributed by atoms with Gasteiger partial charge in [-0.1, -0.05) is 33.1 Å². The first-order chi connectivity index (χ1) is 9.36. The van der Waals surface area contributed by atoms with Crippen LogP contribution in [0.3, 0.4) is 0 Å². The minimum Gasteiger partial charge on any atom is -0.370 e. The molecule has 0 aliphatic rings. The van der Waals surface area contributed by atoms with E-state index in [1.165, 1.54) is 0 Å². The van der Waals surface area contributed by atoms with Crippen molar-refractivity contribution in [3.63, 3.8) is 0 Å². The number of halogens is 3. The molecule has 4 nitrogen and oxygen atoms in total. The number of unbranched alkanes of at least 4 members (excludes halogenated alkanes) is 1. The predicted octanol–water partition coefficient (Wildman–Crippen LogP) is 3.71. The zero-order valence-corrected chi connectivity index (χ0v) is 11.8. The smallest absolute Gasteiger partial charge is 0.370 e. The summed E-state index contributed by atoms with van der Waals surface area (Å²) in [6.07, 6.45) is -0.276. The fourth-order valence-corrected chi connectivity index (χ4v) is 1.89. The van der Waals surface area contributed by atoms with Gasteiger partial charge in [-0.3, -0.25) is 0 Å². The molecule has 0 spiro atoms. The first-order valence-electron chi connectivity index (χ1n) is 6.82. The first-order valence-corrected chi connectivity index (χ1v) is 6.82. The van der Waals surface area contributed by atoms with Crippen molar-refractivity contribution in [2.75, 3.05) is 17.6 Å². The zero-order chi connectivity index (χ0) is 15.2. The molecule has 0 saturated carbocycles. The van der Waals surface area contributed by atoms with Crippen molar-refractivity contribution >= 4 is 11.8 Å². The maximum Gasteiger partial charge on any atom is 0.433 e. The Morgan fingerprint density at radius 2 is 2.00 bits per heavy atom. The number of nitrogen functional groups attached to an aromatic ring is 1. The number of nitrogens with one attached hydrogen (secondary N) is 1. The molecule has 20 heavy (non-hydrogen) atoms. The van der Waals surface area contributed by atoms with Crippen LogP contribution in [0.4, 0.5) is 24.9 Å². The minimum atomic E-state index is -4.51. The largest absolute Gasteiger partial charge is 0.433 e. The van der Waals surface area contributed by atoms with E-state index < -0.39 is 11.9 Å².